The van der Waals surface area contributed by atoms with Crippen LogP contribution in [-0.2, 0) is 16.4 Å². The molecule has 1 aliphatic rings. The maximum absolute atomic E-state index is 12.7. The highest BCUT2D eigenvalue weighted by atomic mass is 32.2. The van der Waals surface area contributed by atoms with E-state index >= 15 is 0 Å². The van der Waals surface area contributed by atoms with Gasteiger partial charge in [0, 0.05) is 18.7 Å². The third-order valence-electron chi connectivity index (χ3n) is 4.88. The molecule has 8 heteroatoms. The van der Waals surface area contributed by atoms with Gasteiger partial charge in [0.25, 0.3) is 5.91 Å². The van der Waals surface area contributed by atoms with Crippen LogP contribution in [0.5, 0.6) is 0 Å². The maximum Gasteiger partial charge on any atom is 0.257 e. The zero-order valence-corrected chi connectivity index (χ0v) is 17.1. The number of hydrogen-bond acceptors (Lipinski definition) is 5. The van der Waals surface area contributed by atoms with E-state index in [0.717, 1.165) is 29.5 Å². The minimum atomic E-state index is -3.56. The lowest BCUT2D eigenvalue weighted by atomic mass is 10.2. The van der Waals surface area contributed by atoms with E-state index in [1.54, 1.807) is 12.1 Å². The highest BCUT2D eigenvalue weighted by molar-refractivity contribution is 7.89. The number of nitrogens with one attached hydrogen (secondary N) is 1. The molecule has 0 atom stereocenters. The molecule has 0 aliphatic carbocycles. The van der Waals surface area contributed by atoms with Crippen LogP contribution in [0, 0.1) is 0 Å². The topological polar surface area (TPSA) is 79.4 Å². The Morgan fingerprint density at radius 3 is 2.71 bits per heavy atom. The van der Waals surface area contributed by atoms with E-state index in [4.69, 9.17) is 0 Å². The molecule has 4 rings (SSSR count). The van der Waals surface area contributed by atoms with Gasteiger partial charge >= 0.3 is 0 Å². The molecule has 0 saturated carbocycles. The summed E-state index contributed by atoms with van der Waals surface area (Å²) in [5.41, 5.74) is 2.35. The first kappa shape index (κ1) is 19.0. The number of thiazole rings is 1. The summed E-state index contributed by atoms with van der Waals surface area (Å²) in [7, 11) is -3.56. The van der Waals surface area contributed by atoms with Gasteiger partial charge in [0.15, 0.2) is 5.13 Å². The Kier molecular flexibility index (Phi) is 5.18. The summed E-state index contributed by atoms with van der Waals surface area (Å²) in [6, 6.07) is 12.2. The monoisotopic (exact) mass is 415 g/mol. The van der Waals surface area contributed by atoms with E-state index in [0.29, 0.717) is 23.8 Å². The van der Waals surface area contributed by atoms with E-state index in [9.17, 15) is 13.2 Å². The van der Waals surface area contributed by atoms with Crippen LogP contribution < -0.4 is 5.32 Å². The molecule has 2 aromatic carbocycles. The molecule has 0 bridgehead atoms. The molecule has 6 nitrogen and oxygen atoms in total. The van der Waals surface area contributed by atoms with Crippen LogP contribution >= 0.6 is 11.3 Å². The predicted molar refractivity (Wildman–Crippen MR) is 111 cm³/mol. The van der Waals surface area contributed by atoms with Gasteiger partial charge in [-0.05, 0) is 55.2 Å². The van der Waals surface area contributed by atoms with E-state index < -0.39 is 10.0 Å². The molecular formula is C20H21N3O3S2. The second-order valence-corrected chi connectivity index (χ2v) is 9.74. The van der Waals surface area contributed by atoms with E-state index in [1.165, 1.54) is 33.3 Å². The number of nitrogens with zero attached hydrogens (tertiary/aromatic N) is 2. The van der Waals surface area contributed by atoms with Crippen molar-refractivity contribution in [1.29, 1.82) is 0 Å². The summed E-state index contributed by atoms with van der Waals surface area (Å²) in [5, 5.41) is 3.29. The quantitative estimate of drug-likeness (QED) is 0.685. The molecule has 146 valence electrons. The number of sulfonamides is 1. The predicted octanol–water partition coefficient (Wildman–Crippen LogP) is 3.90. The molecule has 1 saturated heterocycles. The van der Waals surface area contributed by atoms with Crippen LogP contribution in [0.15, 0.2) is 47.4 Å². The number of anilines is 1. The van der Waals surface area contributed by atoms with Crippen LogP contribution in [0.3, 0.4) is 0 Å². The fourth-order valence-electron chi connectivity index (χ4n) is 3.29. The zero-order chi connectivity index (χ0) is 19.7. The van der Waals surface area contributed by atoms with Gasteiger partial charge in [-0.25, -0.2) is 13.4 Å². The minimum absolute atomic E-state index is 0.152. The van der Waals surface area contributed by atoms with Crippen molar-refractivity contribution >= 4 is 42.6 Å². The number of aryl methyl sites for hydroxylation is 1. The number of benzene rings is 2. The normalized spacial score (nSPS) is 15.2. The maximum atomic E-state index is 12.7. The van der Waals surface area contributed by atoms with Crippen LogP contribution in [0.4, 0.5) is 5.13 Å². The number of aromatic nitrogens is 1. The average molecular weight is 416 g/mol. The van der Waals surface area contributed by atoms with Gasteiger partial charge in [0.1, 0.15) is 0 Å². The lowest BCUT2D eigenvalue weighted by Gasteiger charge is -2.15. The molecule has 1 aromatic heterocycles. The molecule has 3 aromatic rings. The molecule has 1 amide bonds. The summed E-state index contributed by atoms with van der Waals surface area (Å²) < 4.78 is 27.9. The van der Waals surface area contributed by atoms with Gasteiger partial charge < -0.3 is 0 Å². The number of carbonyl (C=O) groups excluding carboxylic acids is 1. The Labute approximate surface area is 168 Å². The lowest BCUT2D eigenvalue weighted by molar-refractivity contribution is 0.102. The fraction of sp³-hybridized carbons (Fsp3) is 0.300. The van der Waals surface area contributed by atoms with Gasteiger partial charge in [0.05, 0.1) is 15.1 Å². The van der Waals surface area contributed by atoms with Gasteiger partial charge in [-0.2, -0.15) is 4.31 Å². The average Bonchev–Trinajstić information content (AvgIpc) is 3.37. The minimum Gasteiger partial charge on any atom is -0.298 e. The second kappa shape index (κ2) is 7.62. The van der Waals surface area contributed by atoms with Crippen LogP contribution in [0.1, 0.15) is 35.7 Å². The first-order valence-electron chi connectivity index (χ1n) is 9.28. The summed E-state index contributed by atoms with van der Waals surface area (Å²) in [5.74, 6) is -0.367. The van der Waals surface area contributed by atoms with Crippen LogP contribution in [0.25, 0.3) is 10.2 Å². The van der Waals surface area contributed by atoms with Crippen LogP contribution in [-0.4, -0.2) is 36.7 Å². The lowest BCUT2D eigenvalue weighted by Crippen LogP contribution is -2.28. The Bertz CT molecular complexity index is 1130. The number of amides is 1. The molecule has 0 unspecified atom stereocenters. The molecule has 0 radical (unpaired) electrons. The van der Waals surface area contributed by atoms with Crippen molar-refractivity contribution in [3.05, 3.63) is 53.6 Å². The smallest absolute Gasteiger partial charge is 0.257 e. The summed E-state index contributed by atoms with van der Waals surface area (Å²) in [4.78, 5) is 17.3. The summed E-state index contributed by atoms with van der Waals surface area (Å²) in [6.07, 6.45) is 2.68. The van der Waals surface area contributed by atoms with Gasteiger partial charge in [-0.1, -0.05) is 30.4 Å². The van der Waals surface area contributed by atoms with Crippen molar-refractivity contribution in [3.8, 4) is 0 Å². The fourth-order valence-corrected chi connectivity index (χ4v) is 5.78. The van der Waals surface area contributed by atoms with Gasteiger partial charge in [-0.15, -0.1) is 0 Å². The second-order valence-electron chi connectivity index (χ2n) is 6.77. The van der Waals surface area contributed by atoms with Crippen molar-refractivity contribution in [2.75, 3.05) is 18.4 Å². The molecule has 28 heavy (non-hydrogen) atoms. The number of carbonyl (C=O) groups is 1. The van der Waals surface area contributed by atoms with Crippen LogP contribution in [0.2, 0.25) is 0 Å². The number of fused-ring (bicyclic) bond motifs is 1. The standard InChI is InChI=1S/C20H21N3O3S2/c1-2-14-8-9-17-18(12-14)27-20(21-17)22-19(24)15-6-5-7-16(13-15)28(25,26)23-10-3-4-11-23/h5-9,12-13H,2-4,10-11H2,1H3,(H,21,22,24). The van der Waals surface area contributed by atoms with Crippen molar-refractivity contribution in [2.45, 2.75) is 31.1 Å². The molecule has 1 N–H and O–H groups in total. The largest absolute Gasteiger partial charge is 0.298 e. The van der Waals surface area contributed by atoms with Crippen molar-refractivity contribution in [3.63, 3.8) is 0 Å². The highest BCUT2D eigenvalue weighted by Gasteiger charge is 2.27. The summed E-state index contributed by atoms with van der Waals surface area (Å²) >= 11 is 1.41. The van der Waals surface area contributed by atoms with Gasteiger partial charge in [-0.3, -0.25) is 10.1 Å². The SMILES string of the molecule is CCc1ccc2nc(NC(=O)c3cccc(S(=O)(=O)N4CCCC4)c3)sc2c1. The molecule has 1 aliphatic heterocycles. The molecule has 1 fully saturated rings. The molecule has 2 heterocycles. The Hall–Kier alpha value is -2.29. The highest BCUT2D eigenvalue weighted by Crippen LogP contribution is 2.28. The Morgan fingerprint density at radius 1 is 1.18 bits per heavy atom. The van der Waals surface area contributed by atoms with E-state index in [1.807, 2.05) is 12.1 Å². The van der Waals surface area contributed by atoms with E-state index in [-0.39, 0.29) is 10.8 Å². The molecule has 0 spiro atoms. The van der Waals surface area contributed by atoms with Crippen molar-refractivity contribution in [2.24, 2.45) is 0 Å². The first-order valence-corrected chi connectivity index (χ1v) is 11.5. The summed E-state index contributed by atoms with van der Waals surface area (Å²) in [6.45, 7) is 3.16. The number of hydrogen-bond donors (Lipinski definition) is 1. The third-order valence-corrected chi connectivity index (χ3v) is 7.71. The van der Waals surface area contributed by atoms with Crippen molar-refractivity contribution < 1.29 is 13.2 Å². The Morgan fingerprint density at radius 2 is 1.96 bits per heavy atom. The first-order chi connectivity index (χ1) is 13.5. The number of rotatable bonds is 5. The third kappa shape index (κ3) is 3.67. The zero-order valence-electron chi connectivity index (χ0n) is 15.5. The van der Waals surface area contributed by atoms with Gasteiger partial charge in [0.2, 0.25) is 10.0 Å². The van der Waals surface area contributed by atoms with Crippen molar-refractivity contribution in [1.82, 2.24) is 9.29 Å². The van der Waals surface area contributed by atoms with E-state index in [2.05, 4.69) is 23.3 Å². The Balaban J connectivity index is 1.57. The molecular weight excluding hydrogens is 394 g/mol.